The molecule has 8 heteroatoms. The quantitative estimate of drug-likeness (QED) is 0.629. The SMILES string of the molecule is COc1nc(Cl)c2c(N)nc(Cl)nc2c1F. The summed E-state index contributed by atoms with van der Waals surface area (Å²) in [6.45, 7) is 0. The Kier molecular flexibility index (Phi) is 2.69. The number of ether oxygens (including phenoxy) is 1. The number of nitrogen functional groups attached to an aromatic ring is 1. The molecule has 0 aliphatic carbocycles. The highest BCUT2D eigenvalue weighted by Crippen LogP contribution is 2.31. The van der Waals surface area contributed by atoms with E-state index in [2.05, 4.69) is 15.0 Å². The van der Waals surface area contributed by atoms with Crippen LogP contribution in [0.15, 0.2) is 0 Å². The summed E-state index contributed by atoms with van der Waals surface area (Å²) in [7, 11) is 1.26. The van der Waals surface area contributed by atoms with Crippen LogP contribution in [-0.4, -0.2) is 22.1 Å². The molecule has 2 N–H and O–H groups in total. The van der Waals surface area contributed by atoms with Crippen LogP contribution >= 0.6 is 23.2 Å². The number of pyridine rings is 1. The number of hydrogen-bond acceptors (Lipinski definition) is 5. The highest BCUT2D eigenvalue weighted by molar-refractivity contribution is 6.35. The van der Waals surface area contributed by atoms with Gasteiger partial charge >= 0.3 is 0 Å². The molecule has 0 atom stereocenters. The van der Waals surface area contributed by atoms with E-state index in [1.807, 2.05) is 0 Å². The molecule has 16 heavy (non-hydrogen) atoms. The van der Waals surface area contributed by atoms with Gasteiger partial charge in [0.15, 0.2) is 0 Å². The van der Waals surface area contributed by atoms with Gasteiger partial charge < -0.3 is 10.5 Å². The van der Waals surface area contributed by atoms with Gasteiger partial charge in [-0.25, -0.2) is 9.97 Å². The van der Waals surface area contributed by atoms with Gasteiger partial charge in [-0.05, 0) is 11.6 Å². The van der Waals surface area contributed by atoms with E-state index in [0.717, 1.165) is 0 Å². The van der Waals surface area contributed by atoms with Gasteiger partial charge in [0.05, 0.1) is 12.5 Å². The van der Waals surface area contributed by atoms with E-state index in [1.54, 1.807) is 0 Å². The van der Waals surface area contributed by atoms with Gasteiger partial charge in [0.25, 0.3) is 5.88 Å². The highest BCUT2D eigenvalue weighted by Gasteiger charge is 2.18. The molecular weight excluding hydrogens is 258 g/mol. The first-order valence-electron chi connectivity index (χ1n) is 4.06. The average molecular weight is 263 g/mol. The highest BCUT2D eigenvalue weighted by atomic mass is 35.5. The summed E-state index contributed by atoms with van der Waals surface area (Å²) in [4.78, 5) is 11.0. The van der Waals surface area contributed by atoms with Crippen molar-refractivity contribution in [3.8, 4) is 5.88 Å². The van der Waals surface area contributed by atoms with Gasteiger partial charge in [0, 0.05) is 0 Å². The van der Waals surface area contributed by atoms with E-state index in [4.69, 9.17) is 33.7 Å². The van der Waals surface area contributed by atoms with E-state index in [1.165, 1.54) is 7.11 Å². The van der Waals surface area contributed by atoms with Crippen molar-refractivity contribution in [2.45, 2.75) is 0 Å². The Labute approximate surface area is 99.4 Å². The van der Waals surface area contributed by atoms with E-state index in [-0.39, 0.29) is 33.0 Å². The molecule has 0 amide bonds. The van der Waals surface area contributed by atoms with Crippen molar-refractivity contribution in [2.75, 3.05) is 12.8 Å². The molecule has 2 aromatic rings. The minimum absolute atomic E-state index is 0.0333. The lowest BCUT2D eigenvalue weighted by atomic mass is 10.3. The predicted octanol–water partition coefficient (Wildman–Crippen LogP) is 2.06. The van der Waals surface area contributed by atoms with Crippen molar-refractivity contribution >= 4 is 39.9 Å². The average Bonchev–Trinajstić information content (AvgIpc) is 2.22. The van der Waals surface area contributed by atoms with Gasteiger partial charge in [-0.1, -0.05) is 11.6 Å². The minimum atomic E-state index is -0.780. The first-order valence-corrected chi connectivity index (χ1v) is 4.82. The zero-order valence-corrected chi connectivity index (χ0v) is 9.47. The molecule has 2 heterocycles. The second kappa shape index (κ2) is 3.88. The smallest absolute Gasteiger partial charge is 0.253 e. The molecule has 0 spiro atoms. The van der Waals surface area contributed by atoms with Crippen molar-refractivity contribution in [1.29, 1.82) is 0 Å². The monoisotopic (exact) mass is 262 g/mol. The maximum Gasteiger partial charge on any atom is 0.253 e. The van der Waals surface area contributed by atoms with Crippen molar-refractivity contribution in [1.82, 2.24) is 15.0 Å². The summed E-state index contributed by atoms with van der Waals surface area (Å²) < 4.78 is 18.5. The summed E-state index contributed by atoms with van der Waals surface area (Å²) in [5.41, 5.74) is 5.43. The lowest BCUT2D eigenvalue weighted by Crippen LogP contribution is -2.01. The maximum atomic E-state index is 13.8. The third kappa shape index (κ3) is 1.60. The van der Waals surface area contributed by atoms with E-state index in [0.29, 0.717) is 0 Å². The summed E-state index contributed by atoms with van der Waals surface area (Å²) in [6, 6.07) is 0. The summed E-state index contributed by atoms with van der Waals surface area (Å²) in [5, 5.41) is -0.0972. The second-order valence-electron chi connectivity index (χ2n) is 2.83. The number of halogens is 3. The Morgan fingerprint density at radius 1 is 1.25 bits per heavy atom. The lowest BCUT2D eigenvalue weighted by molar-refractivity contribution is 0.371. The lowest BCUT2D eigenvalue weighted by Gasteiger charge is -2.07. The number of hydrogen-bond donors (Lipinski definition) is 1. The Bertz CT molecular complexity index is 578. The molecule has 84 valence electrons. The standard InChI is InChI=1S/C8H5Cl2FN4O/c1-16-7-3(11)4-2(5(9)14-7)6(12)15-8(10)13-4/h1H3,(H2,12,13,15). The molecule has 0 unspecified atom stereocenters. The number of nitrogens with zero attached hydrogens (tertiary/aromatic N) is 3. The Morgan fingerprint density at radius 2 is 1.94 bits per heavy atom. The Morgan fingerprint density at radius 3 is 2.56 bits per heavy atom. The van der Waals surface area contributed by atoms with E-state index in [9.17, 15) is 4.39 Å². The van der Waals surface area contributed by atoms with Crippen LogP contribution in [0.2, 0.25) is 10.4 Å². The second-order valence-corrected chi connectivity index (χ2v) is 3.52. The number of rotatable bonds is 1. The van der Waals surface area contributed by atoms with Crippen LogP contribution in [0, 0.1) is 5.82 Å². The van der Waals surface area contributed by atoms with E-state index >= 15 is 0 Å². The topological polar surface area (TPSA) is 73.9 Å². The first-order chi connectivity index (χ1) is 7.54. The summed E-state index contributed by atoms with van der Waals surface area (Å²) in [5.74, 6) is -1.08. The van der Waals surface area contributed by atoms with Gasteiger partial charge in [-0.15, -0.1) is 0 Å². The Balaban J connectivity index is 2.95. The number of aromatic nitrogens is 3. The van der Waals surface area contributed by atoms with Crippen molar-refractivity contribution in [3.63, 3.8) is 0 Å². The van der Waals surface area contributed by atoms with Crippen LogP contribution in [0.25, 0.3) is 10.9 Å². The Hall–Kier alpha value is -1.40. The molecule has 5 nitrogen and oxygen atoms in total. The third-order valence-electron chi connectivity index (χ3n) is 1.90. The van der Waals surface area contributed by atoms with Crippen LogP contribution in [0.5, 0.6) is 5.88 Å². The molecule has 0 aliphatic rings. The third-order valence-corrected chi connectivity index (χ3v) is 2.35. The van der Waals surface area contributed by atoms with E-state index < -0.39 is 5.82 Å². The van der Waals surface area contributed by atoms with Crippen LogP contribution < -0.4 is 10.5 Å². The molecule has 0 aliphatic heterocycles. The fourth-order valence-corrected chi connectivity index (χ4v) is 1.68. The van der Waals surface area contributed by atoms with Gasteiger partial charge in [-0.2, -0.15) is 9.37 Å². The zero-order chi connectivity index (χ0) is 11.9. The molecule has 0 radical (unpaired) electrons. The van der Waals surface area contributed by atoms with Crippen LogP contribution in [0.1, 0.15) is 0 Å². The molecule has 0 fully saturated rings. The van der Waals surface area contributed by atoms with Gasteiger partial charge in [0.2, 0.25) is 11.1 Å². The summed E-state index contributed by atoms with van der Waals surface area (Å²) in [6.07, 6.45) is 0. The van der Waals surface area contributed by atoms with Crippen LogP contribution in [0.4, 0.5) is 10.2 Å². The predicted molar refractivity (Wildman–Crippen MR) is 58.3 cm³/mol. The fourth-order valence-electron chi connectivity index (χ4n) is 1.24. The molecule has 0 bridgehead atoms. The van der Waals surface area contributed by atoms with Crippen molar-refractivity contribution < 1.29 is 9.13 Å². The maximum absolute atomic E-state index is 13.8. The van der Waals surface area contributed by atoms with Crippen LogP contribution in [0.3, 0.4) is 0 Å². The molecule has 0 aromatic carbocycles. The number of nitrogens with two attached hydrogens (primary N) is 1. The number of anilines is 1. The van der Waals surface area contributed by atoms with Gasteiger partial charge in [-0.3, -0.25) is 0 Å². The number of fused-ring (bicyclic) bond motifs is 1. The number of methoxy groups -OCH3 is 1. The largest absolute Gasteiger partial charge is 0.479 e. The van der Waals surface area contributed by atoms with Crippen molar-refractivity contribution in [2.24, 2.45) is 0 Å². The first kappa shape index (κ1) is 11.1. The van der Waals surface area contributed by atoms with Gasteiger partial charge in [0.1, 0.15) is 16.5 Å². The minimum Gasteiger partial charge on any atom is -0.479 e. The molecular formula is C8H5Cl2FN4O. The summed E-state index contributed by atoms with van der Waals surface area (Å²) >= 11 is 11.4. The normalized spacial score (nSPS) is 10.8. The molecule has 0 saturated carbocycles. The fraction of sp³-hybridized carbons (Fsp3) is 0.125. The molecule has 2 rings (SSSR count). The zero-order valence-electron chi connectivity index (χ0n) is 7.96. The van der Waals surface area contributed by atoms with Crippen molar-refractivity contribution in [3.05, 3.63) is 16.3 Å². The molecule has 0 saturated heterocycles. The van der Waals surface area contributed by atoms with Crippen LogP contribution in [-0.2, 0) is 0 Å². The molecule has 2 aromatic heterocycles.